The molecule has 3 rings (SSSR count). The number of sulfonamides is 1. The standard InChI is InChI=1S/C25H34FN3O4S/c1-7-20-22(29-14-16(2)33-17(3)15-29)13-12-21(23(20)26)27-24(30)18-8-10-19(11-9-18)28-34(31,32)25(4,5)6/h8-13,16-17,28H,7,14-15H2,1-6H3,(H,27,30). The highest BCUT2D eigenvalue weighted by molar-refractivity contribution is 7.94. The van der Waals surface area contributed by atoms with E-state index in [1.165, 1.54) is 24.3 Å². The van der Waals surface area contributed by atoms with Crippen molar-refractivity contribution in [2.75, 3.05) is 28.0 Å². The van der Waals surface area contributed by atoms with Crippen molar-refractivity contribution in [2.24, 2.45) is 0 Å². The van der Waals surface area contributed by atoms with Gasteiger partial charge < -0.3 is 15.0 Å². The number of hydrogen-bond donors (Lipinski definition) is 2. The van der Waals surface area contributed by atoms with Gasteiger partial charge in [0.1, 0.15) is 0 Å². The molecular formula is C25H34FN3O4S. The first-order chi connectivity index (χ1) is 15.8. The minimum absolute atomic E-state index is 0.0479. The SMILES string of the molecule is CCc1c(N2CC(C)OC(C)C2)ccc(NC(=O)c2ccc(NS(=O)(=O)C(C)(C)C)cc2)c1F. The van der Waals surface area contributed by atoms with E-state index in [1.54, 1.807) is 26.8 Å². The molecule has 186 valence electrons. The summed E-state index contributed by atoms with van der Waals surface area (Å²) in [7, 11) is -3.58. The van der Waals surface area contributed by atoms with E-state index in [2.05, 4.69) is 14.9 Å². The molecule has 0 saturated carbocycles. The smallest absolute Gasteiger partial charge is 0.255 e. The maximum Gasteiger partial charge on any atom is 0.255 e. The molecule has 1 amide bonds. The van der Waals surface area contributed by atoms with Crippen molar-refractivity contribution < 1.29 is 22.3 Å². The van der Waals surface area contributed by atoms with Crippen molar-refractivity contribution in [1.29, 1.82) is 0 Å². The lowest BCUT2D eigenvalue weighted by molar-refractivity contribution is -0.00528. The van der Waals surface area contributed by atoms with Crippen molar-refractivity contribution >= 4 is 33.0 Å². The summed E-state index contributed by atoms with van der Waals surface area (Å²) in [4.78, 5) is 14.9. The molecule has 2 aromatic rings. The largest absolute Gasteiger partial charge is 0.372 e. The van der Waals surface area contributed by atoms with E-state index >= 15 is 4.39 Å². The third-order valence-electron chi connectivity index (χ3n) is 5.79. The molecule has 0 aliphatic carbocycles. The third kappa shape index (κ3) is 5.70. The molecule has 7 nitrogen and oxygen atoms in total. The van der Waals surface area contributed by atoms with Crippen molar-refractivity contribution in [3.05, 3.63) is 53.3 Å². The number of halogens is 1. The van der Waals surface area contributed by atoms with Gasteiger partial charge in [0.25, 0.3) is 5.91 Å². The van der Waals surface area contributed by atoms with E-state index in [4.69, 9.17) is 4.74 Å². The molecule has 2 N–H and O–H groups in total. The maximum absolute atomic E-state index is 15.4. The van der Waals surface area contributed by atoms with Crippen LogP contribution in [0, 0.1) is 5.82 Å². The van der Waals surface area contributed by atoms with Gasteiger partial charge in [0.2, 0.25) is 10.0 Å². The molecule has 9 heteroatoms. The molecule has 1 aliphatic rings. The number of rotatable bonds is 6. The Morgan fingerprint density at radius 1 is 1.09 bits per heavy atom. The van der Waals surface area contributed by atoms with Crippen LogP contribution in [0.4, 0.5) is 21.5 Å². The number of benzene rings is 2. The van der Waals surface area contributed by atoms with Gasteiger partial charge in [-0.05, 0) is 77.4 Å². The van der Waals surface area contributed by atoms with Crippen LogP contribution in [0.15, 0.2) is 36.4 Å². The highest BCUT2D eigenvalue weighted by atomic mass is 32.2. The van der Waals surface area contributed by atoms with Gasteiger partial charge in [-0.3, -0.25) is 9.52 Å². The lowest BCUT2D eigenvalue weighted by atomic mass is 10.0. The van der Waals surface area contributed by atoms with E-state index in [0.717, 1.165) is 5.69 Å². The van der Waals surface area contributed by atoms with Crippen LogP contribution in [0.3, 0.4) is 0 Å². The zero-order chi connectivity index (χ0) is 25.3. The van der Waals surface area contributed by atoms with Crippen LogP contribution < -0.4 is 14.9 Å². The van der Waals surface area contributed by atoms with Gasteiger partial charge in [0.05, 0.1) is 22.6 Å². The Hall–Kier alpha value is -2.65. The van der Waals surface area contributed by atoms with Crippen LogP contribution in [0.5, 0.6) is 0 Å². The number of carbonyl (C=O) groups excluding carboxylic acids is 1. The van der Waals surface area contributed by atoms with Crippen LogP contribution in [0.2, 0.25) is 0 Å². The Kier molecular flexibility index (Phi) is 7.57. The van der Waals surface area contributed by atoms with Crippen molar-refractivity contribution in [3.8, 4) is 0 Å². The number of amides is 1. The summed E-state index contributed by atoms with van der Waals surface area (Å²) < 4.78 is 47.3. The number of ether oxygens (including phenoxy) is 1. The average Bonchev–Trinajstić information content (AvgIpc) is 2.73. The zero-order valence-corrected chi connectivity index (χ0v) is 21.4. The van der Waals surface area contributed by atoms with E-state index in [1.807, 2.05) is 26.8 Å². The normalized spacial score (nSPS) is 19.1. The third-order valence-corrected chi connectivity index (χ3v) is 7.90. The Morgan fingerprint density at radius 2 is 1.68 bits per heavy atom. The fourth-order valence-electron chi connectivity index (χ4n) is 3.91. The maximum atomic E-state index is 15.4. The van der Waals surface area contributed by atoms with Gasteiger partial charge in [-0.2, -0.15) is 0 Å². The van der Waals surface area contributed by atoms with Gasteiger partial charge in [0.15, 0.2) is 5.82 Å². The molecule has 1 heterocycles. The zero-order valence-electron chi connectivity index (χ0n) is 20.6. The number of anilines is 3. The number of morpholine rings is 1. The summed E-state index contributed by atoms with van der Waals surface area (Å²) in [5.41, 5.74) is 2.11. The molecule has 34 heavy (non-hydrogen) atoms. The molecule has 2 unspecified atom stereocenters. The second kappa shape index (κ2) is 9.92. The second-order valence-corrected chi connectivity index (χ2v) is 12.1. The minimum Gasteiger partial charge on any atom is -0.372 e. The van der Waals surface area contributed by atoms with E-state index in [0.29, 0.717) is 30.8 Å². The monoisotopic (exact) mass is 491 g/mol. The Balaban J connectivity index is 1.77. The predicted octanol–water partition coefficient (Wildman–Crippen LogP) is 4.79. The molecular weight excluding hydrogens is 457 g/mol. The highest BCUT2D eigenvalue weighted by Crippen LogP contribution is 2.31. The highest BCUT2D eigenvalue weighted by Gasteiger charge is 2.29. The van der Waals surface area contributed by atoms with Crippen molar-refractivity contribution in [2.45, 2.75) is 64.9 Å². The molecule has 0 spiro atoms. The van der Waals surface area contributed by atoms with Gasteiger partial charge in [-0.1, -0.05) is 6.92 Å². The van der Waals surface area contributed by atoms with Gasteiger partial charge >= 0.3 is 0 Å². The minimum atomic E-state index is -3.58. The van der Waals surface area contributed by atoms with E-state index in [9.17, 15) is 13.2 Å². The van der Waals surface area contributed by atoms with Crippen LogP contribution in [-0.4, -0.2) is 44.4 Å². The second-order valence-electron chi connectivity index (χ2n) is 9.69. The first-order valence-electron chi connectivity index (χ1n) is 11.5. The quantitative estimate of drug-likeness (QED) is 0.606. The Labute approximate surface area is 201 Å². The molecule has 1 fully saturated rings. The summed E-state index contributed by atoms with van der Waals surface area (Å²) in [6.07, 6.45) is 0.576. The first kappa shape index (κ1) is 26.0. The molecule has 2 aromatic carbocycles. The molecule has 0 radical (unpaired) electrons. The number of hydrogen-bond acceptors (Lipinski definition) is 5. The molecule has 1 saturated heterocycles. The molecule has 1 aliphatic heterocycles. The van der Waals surface area contributed by atoms with Gasteiger partial charge in [-0.15, -0.1) is 0 Å². The van der Waals surface area contributed by atoms with Crippen LogP contribution in [0.25, 0.3) is 0 Å². The predicted molar refractivity (Wildman–Crippen MR) is 135 cm³/mol. The fourth-order valence-corrected chi connectivity index (χ4v) is 4.66. The summed E-state index contributed by atoms with van der Waals surface area (Å²) >= 11 is 0. The first-order valence-corrected chi connectivity index (χ1v) is 13.0. The van der Waals surface area contributed by atoms with Crippen LogP contribution >= 0.6 is 0 Å². The van der Waals surface area contributed by atoms with Crippen molar-refractivity contribution in [3.63, 3.8) is 0 Å². The summed E-state index contributed by atoms with van der Waals surface area (Å²) in [6.45, 7) is 12.0. The number of carbonyl (C=O) groups is 1. The van der Waals surface area contributed by atoms with Crippen molar-refractivity contribution in [1.82, 2.24) is 0 Å². The summed E-state index contributed by atoms with van der Waals surface area (Å²) in [6, 6.07) is 9.44. The fraction of sp³-hybridized carbons (Fsp3) is 0.480. The Bertz CT molecular complexity index is 1130. The number of nitrogens with one attached hydrogen (secondary N) is 2. The van der Waals surface area contributed by atoms with Gasteiger partial charge in [0, 0.05) is 35.6 Å². The van der Waals surface area contributed by atoms with E-state index < -0.39 is 26.5 Å². The lowest BCUT2D eigenvalue weighted by Gasteiger charge is -2.38. The molecule has 0 aromatic heterocycles. The summed E-state index contributed by atoms with van der Waals surface area (Å²) in [5, 5.41) is 2.65. The Morgan fingerprint density at radius 3 is 2.21 bits per heavy atom. The van der Waals surface area contributed by atoms with E-state index in [-0.39, 0.29) is 23.5 Å². The molecule has 2 atom stereocenters. The van der Waals surface area contributed by atoms with Crippen LogP contribution in [0.1, 0.15) is 57.5 Å². The topological polar surface area (TPSA) is 87.7 Å². The number of nitrogens with zero attached hydrogens (tertiary/aromatic N) is 1. The average molecular weight is 492 g/mol. The summed E-state index contributed by atoms with van der Waals surface area (Å²) in [5.74, 6) is -0.928. The van der Waals surface area contributed by atoms with Gasteiger partial charge in [-0.25, -0.2) is 12.8 Å². The lowest BCUT2D eigenvalue weighted by Crippen LogP contribution is -2.46. The van der Waals surface area contributed by atoms with Crippen LogP contribution in [-0.2, 0) is 21.2 Å². The molecule has 0 bridgehead atoms.